The predicted molar refractivity (Wildman–Crippen MR) is 100 cm³/mol. The number of hydrogen-bond donors (Lipinski definition) is 0. The molecule has 9 heteroatoms. The molecule has 0 radical (unpaired) electrons. The van der Waals surface area contributed by atoms with Gasteiger partial charge in [-0.3, -0.25) is 14.3 Å². The number of ether oxygens (including phenoxy) is 1. The second kappa shape index (κ2) is 6.79. The Labute approximate surface area is 158 Å². The van der Waals surface area contributed by atoms with Gasteiger partial charge < -0.3 is 14.5 Å². The zero-order valence-corrected chi connectivity index (χ0v) is 16.7. The van der Waals surface area contributed by atoms with E-state index in [1.165, 1.54) is 12.0 Å². The third-order valence-corrected chi connectivity index (χ3v) is 4.81. The van der Waals surface area contributed by atoms with Gasteiger partial charge in [-0.15, -0.1) is 0 Å². The molecule has 0 saturated carbocycles. The van der Waals surface area contributed by atoms with Crippen molar-refractivity contribution in [1.82, 2.24) is 24.6 Å². The Morgan fingerprint density at radius 3 is 2.63 bits per heavy atom. The molecule has 1 unspecified atom stereocenters. The van der Waals surface area contributed by atoms with E-state index in [0.29, 0.717) is 24.7 Å². The average molecular weight is 374 g/mol. The quantitative estimate of drug-likeness (QED) is 0.736. The topological polar surface area (TPSA) is 93.4 Å². The molecular weight excluding hydrogens is 348 g/mol. The van der Waals surface area contributed by atoms with Crippen LogP contribution >= 0.6 is 0 Å². The fourth-order valence-corrected chi connectivity index (χ4v) is 3.16. The summed E-state index contributed by atoms with van der Waals surface area (Å²) in [5.41, 5.74) is 0.495. The molecule has 0 aliphatic carbocycles. The summed E-state index contributed by atoms with van der Waals surface area (Å²) in [4.78, 5) is 37.3. The minimum Gasteiger partial charge on any atom is -0.468 e. The van der Waals surface area contributed by atoms with E-state index in [4.69, 9.17) is 4.98 Å². The maximum atomic E-state index is 12.8. The van der Waals surface area contributed by atoms with E-state index in [-0.39, 0.29) is 17.9 Å². The Balaban J connectivity index is 2.00. The van der Waals surface area contributed by atoms with E-state index in [9.17, 15) is 9.59 Å². The van der Waals surface area contributed by atoms with E-state index in [2.05, 4.69) is 35.6 Å². The predicted octanol–water partition coefficient (Wildman–Crippen LogP) is 0.871. The van der Waals surface area contributed by atoms with Crippen molar-refractivity contribution in [3.63, 3.8) is 0 Å². The second-order valence-electron chi connectivity index (χ2n) is 7.83. The molecule has 2 aromatic rings. The summed E-state index contributed by atoms with van der Waals surface area (Å²) in [5.74, 6) is 0.858. The highest BCUT2D eigenvalue weighted by Gasteiger charge is 2.35. The highest BCUT2D eigenvalue weighted by atomic mass is 16.5. The van der Waals surface area contributed by atoms with Crippen LogP contribution in [-0.2, 0) is 26.8 Å². The summed E-state index contributed by atoms with van der Waals surface area (Å²) in [6.07, 6.45) is 1.73. The van der Waals surface area contributed by atoms with Crippen molar-refractivity contribution >= 4 is 28.7 Å². The molecule has 2 aromatic heterocycles. The lowest BCUT2D eigenvalue weighted by Crippen LogP contribution is -2.57. The van der Waals surface area contributed by atoms with E-state index >= 15 is 0 Å². The lowest BCUT2D eigenvalue weighted by atomic mass is 9.95. The van der Waals surface area contributed by atoms with E-state index in [1.807, 2.05) is 18.9 Å². The normalized spacial score (nSPS) is 18.3. The number of methoxy groups -OCH3 is 1. The van der Waals surface area contributed by atoms with Crippen LogP contribution in [0.15, 0.2) is 6.20 Å². The monoisotopic (exact) mass is 374 g/mol. The largest absolute Gasteiger partial charge is 0.468 e. The first-order valence-corrected chi connectivity index (χ1v) is 8.96. The van der Waals surface area contributed by atoms with Gasteiger partial charge in [0, 0.05) is 25.6 Å². The Hall–Kier alpha value is -2.71. The molecule has 1 aliphatic rings. The third-order valence-electron chi connectivity index (χ3n) is 4.81. The van der Waals surface area contributed by atoms with Crippen LogP contribution in [0.4, 0.5) is 5.82 Å². The third kappa shape index (κ3) is 3.45. The van der Waals surface area contributed by atoms with Gasteiger partial charge in [-0.1, -0.05) is 20.8 Å². The van der Waals surface area contributed by atoms with Gasteiger partial charge in [-0.2, -0.15) is 5.10 Å². The van der Waals surface area contributed by atoms with E-state index < -0.39 is 12.0 Å². The van der Waals surface area contributed by atoms with Crippen molar-refractivity contribution in [2.24, 2.45) is 7.05 Å². The number of rotatable bonds is 3. The fraction of sp³-hybridized carbons (Fsp3) is 0.611. The molecule has 27 heavy (non-hydrogen) atoms. The lowest BCUT2D eigenvalue weighted by molar-refractivity contribution is -0.148. The molecule has 3 rings (SSSR count). The van der Waals surface area contributed by atoms with Crippen LogP contribution < -0.4 is 4.90 Å². The molecule has 0 aromatic carbocycles. The minimum atomic E-state index is -0.450. The number of amides is 1. The van der Waals surface area contributed by atoms with Gasteiger partial charge in [0.1, 0.15) is 24.2 Å². The molecule has 146 valence electrons. The van der Waals surface area contributed by atoms with Gasteiger partial charge >= 0.3 is 5.97 Å². The molecule has 0 spiro atoms. The molecule has 1 amide bonds. The molecule has 0 N–H and O–H groups in total. The summed E-state index contributed by atoms with van der Waals surface area (Å²) >= 11 is 0. The summed E-state index contributed by atoms with van der Waals surface area (Å²) in [6, 6.07) is -0.450. The van der Waals surface area contributed by atoms with Gasteiger partial charge in [0.2, 0.25) is 5.91 Å². The molecule has 1 saturated heterocycles. The minimum absolute atomic E-state index is 0.0349. The van der Waals surface area contributed by atoms with Crippen LogP contribution in [0.2, 0.25) is 0 Å². The van der Waals surface area contributed by atoms with Crippen molar-refractivity contribution in [2.45, 2.75) is 39.2 Å². The zero-order chi connectivity index (χ0) is 19.9. The van der Waals surface area contributed by atoms with Gasteiger partial charge in [-0.25, -0.2) is 9.97 Å². The van der Waals surface area contributed by atoms with Crippen LogP contribution in [0.1, 0.15) is 33.5 Å². The maximum absolute atomic E-state index is 12.8. The standard InChI is InChI=1S/C18H26N6O3/c1-11-16(26)23(10-13(25)27-6)7-8-24(11)15-12-9-19-22(5)14(12)20-17(21-15)18(2,3)4/h9,11H,7-8,10H2,1-6H3. The molecular formula is C18H26N6O3. The summed E-state index contributed by atoms with van der Waals surface area (Å²) in [6.45, 7) is 8.94. The van der Waals surface area contributed by atoms with Crippen molar-refractivity contribution < 1.29 is 14.3 Å². The molecule has 1 aliphatic heterocycles. The number of carbonyl (C=O) groups is 2. The van der Waals surface area contributed by atoms with Crippen LogP contribution in [0.5, 0.6) is 0 Å². The number of piperazine rings is 1. The number of hydrogen-bond acceptors (Lipinski definition) is 7. The Morgan fingerprint density at radius 1 is 1.30 bits per heavy atom. The second-order valence-corrected chi connectivity index (χ2v) is 7.83. The maximum Gasteiger partial charge on any atom is 0.325 e. The highest BCUT2D eigenvalue weighted by Crippen LogP contribution is 2.30. The number of aryl methyl sites for hydroxylation is 1. The van der Waals surface area contributed by atoms with Crippen LogP contribution in [0.25, 0.3) is 11.0 Å². The molecule has 1 atom stereocenters. The van der Waals surface area contributed by atoms with Crippen LogP contribution in [0, 0.1) is 0 Å². The SMILES string of the molecule is COC(=O)CN1CCN(c2nc(C(C)(C)C)nc3c2cnn3C)C(C)C1=O. The smallest absolute Gasteiger partial charge is 0.325 e. The van der Waals surface area contributed by atoms with Crippen molar-refractivity contribution in [1.29, 1.82) is 0 Å². The Kier molecular flexibility index (Phi) is 4.79. The van der Waals surface area contributed by atoms with Gasteiger partial charge in [0.25, 0.3) is 0 Å². The Morgan fingerprint density at radius 2 is 2.00 bits per heavy atom. The number of nitrogens with zero attached hydrogens (tertiary/aromatic N) is 6. The van der Waals surface area contributed by atoms with Crippen LogP contribution in [0.3, 0.4) is 0 Å². The zero-order valence-electron chi connectivity index (χ0n) is 16.7. The molecule has 1 fully saturated rings. The number of aromatic nitrogens is 4. The number of fused-ring (bicyclic) bond motifs is 1. The summed E-state index contributed by atoms with van der Waals surface area (Å²) < 4.78 is 6.40. The van der Waals surface area contributed by atoms with Crippen molar-refractivity contribution in [3.05, 3.63) is 12.0 Å². The van der Waals surface area contributed by atoms with Gasteiger partial charge in [0.15, 0.2) is 5.65 Å². The van der Waals surface area contributed by atoms with E-state index in [1.54, 1.807) is 10.9 Å². The summed E-state index contributed by atoms with van der Waals surface area (Å²) in [5, 5.41) is 5.13. The first-order valence-electron chi connectivity index (χ1n) is 8.96. The number of carbonyl (C=O) groups excluding carboxylic acids is 2. The number of anilines is 1. The summed E-state index contributed by atoms with van der Waals surface area (Å²) in [7, 11) is 3.16. The van der Waals surface area contributed by atoms with Crippen LogP contribution in [-0.4, -0.2) is 69.3 Å². The highest BCUT2D eigenvalue weighted by molar-refractivity contribution is 5.93. The van der Waals surface area contributed by atoms with E-state index in [0.717, 1.165) is 11.0 Å². The lowest BCUT2D eigenvalue weighted by Gasteiger charge is -2.39. The first kappa shape index (κ1) is 19.1. The molecule has 3 heterocycles. The van der Waals surface area contributed by atoms with Gasteiger partial charge in [0.05, 0.1) is 18.7 Å². The molecule has 0 bridgehead atoms. The number of esters is 1. The van der Waals surface area contributed by atoms with Crippen molar-refractivity contribution in [2.75, 3.05) is 31.6 Å². The Bertz CT molecular complexity index is 885. The molecule has 9 nitrogen and oxygen atoms in total. The first-order chi connectivity index (χ1) is 12.6. The fourth-order valence-electron chi connectivity index (χ4n) is 3.16. The average Bonchev–Trinajstić information content (AvgIpc) is 2.99. The van der Waals surface area contributed by atoms with Gasteiger partial charge in [-0.05, 0) is 6.92 Å². The van der Waals surface area contributed by atoms with Crippen molar-refractivity contribution in [3.8, 4) is 0 Å².